The number of anilines is 1. The number of carbonyl (C=O) groups is 1. The van der Waals surface area contributed by atoms with Crippen LogP contribution in [0.25, 0.3) is 0 Å². The summed E-state index contributed by atoms with van der Waals surface area (Å²) in [5, 5.41) is 3.81. The molecule has 0 saturated heterocycles. The molecule has 1 amide bonds. The van der Waals surface area contributed by atoms with E-state index in [-0.39, 0.29) is 11.8 Å². The third-order valence-electron chi connectivity index (χ3n) is 3.95. The van der Waals surface area contributed by atoms with Crippen LogP contribution in [0.15, 0.2) is 4.52 Å². The van der Waals surface area contributed by atoms with Crippen LogP contribution in [-0.4, -0.2) is 22.6 Å². The van der Waals surface area contributed by atoms with Crippen molar-refractivity contribution in [2.75, 3.05) is 11.4 Å². The normalized spacial score (nSPS) is 15.7. The van der Waals surface area contributed by atoms with Crippen LogP contribution >= 0.6 is 0 Å². The average Bonchev–Trinajstić information content (AvgIpc) is 3.09. The summed E-state index contributed by atoms with van der Waals surface area (Å²) in [6.07, 6.45) is 8.83. The zero-order chi connectivity index (χ0) is 14.4. The Morgan fingerprint density at radius 1 is 1.30 bits per heavy atom. The molecule has 112 valence electrons. The number of amides is 1. The van der Waals surface area contributed by atoms with Crippen molar-refractivity contribution in [3.05, 3.63) is 5.82 Å². The van der Waals surface area contributed by atoms with Crippen molar-refractivity contribution in [3.8, 4) is 0 Å². The number of carbonyl (C=O) groups excluding carboxylic acids is 1. The molecule has 0 N–H and O–H groups in total. The van der Waals surface area contributed by atoms with Crippen molar-refractivity contribution < 1.29 is 9.32 Å². The van der Waals surface area contributed by atoms with Gasteiger partial charge in [-0.15, -0.1) is 0 Å². The summed E-state index contributed by atoms with van der Waals surface area (Å²) in [5.74, 6) is 0.897. The Balaban J connectivity index is 2.00. The summed E-state index contributed by atoms with van der Waals surface area (Å²) >= 11 is 0. The Kier molecular flexibility index (Phi) is 5.56. The van der Waals surface area contributed by atoms with Crippen molar-refractivity contribution in [2.24, 2.45) is 5.92 Å². The van der Waals surface area contributed by atoms with Gasteiger partial charge in [-0.05, 0) is 26.2 Å². The van der Waals surface area contributed by atoms with Crippen LogP contribution in [0.4, 0.5) is 6.01 Å². The molecule has 5 nitrogen and oxygen atoms in total. The lowest BCUT2D eigenvalue weighted by molar-refractivity contribution is -0.122. The van der Waals surface area contributed by atoms with E-state index >= 15 is 0 Å². The molecule has 1 aliphatic rings. The van der Waals surface area contributed by atoms with E-state index < -0.39 is 0 Å². The molecule has 0 unspecified atom stereocenters. The minimum absolute atomic E-state index is 0.147. The standard InChI is InChI=1S/C15H25N3O2/c1-3-4-5-8-11-18(15-16-12(2)17-20-15)14(19)13-9-6-7-10-13/h13H,3-11H2,1-2H3. The zero-order valence-electron chi connectivity index (χ0n) is 12.6. The van der Waals surface area contributed by atoms with Gasteiger partial charge in [-0.1, -0.05) is 44.2 Å². The number of hydrogen-bond donors (Lipinski definition) is 0. The lowest BCUT2D eigenvalue weighted by Crippen LogP contribution is -2.36. The molecule has 1 heterocycles. The van der Waals surface area contributed by atoms with Crippen molar-refractivity contribution >= 4 is 11.9 Å². The number of rotatable bonds is 7. The molecule has 0 atom stereocenters. The summed E-state index contributed by atoms with van der Waals surface area (Å²) in [7, 11) is 0. The maximum absolute atomic E-state index is 12.6. The molecule has 1 aliphatic carbocycles. The first kappa shape index (κ1) is 15.0. The molecular weight excluding hydrogens is 254 g/mol. The first-order chi connectivity index (χ1) is 9.72. The average molecular weight is 279 g/mol. The highest BCUT2D eigenvalue weighted by Crippen LogP contribution is 2.28. The number of hydrogen-bond acceptors (Lipinski definition) is 4. The Bertz CT molecular complexity index is 425. The van der Waals surface area contributed by atoms with E-state index in [9.17, 15) is 4.79 Å². The Labute approximate surface area is 120 Å². The second-order valence-electron chi connectivity index (χ2n) is 5.66. The van der Waals surface area contributed by atoms with Gasteiger partial charge < -0.3 is 4.52 Å². The summed E-state index contributed by atoms with van der Waals surface area (Å²) in [6.45, 7) is 4.65. The second-order valence-corrected chi connectivity index (χ2v) is 5.66. The summed E-state index contributed by atoms with van der Waals surface area (Å²) in [6, 6.07) is 0.371. The molecule has 0 bridgehead atoms. The molecule has 0 radical (unpaired) electrons. The van der Waals surface area contributed by atoms with Gasteiger partial charge in [0.05, 0.1) is 0 Å². The van der Waals surface area contributed by atoms with Crippen LogP contribution < -0.4 is 4.90 Å². The molecule has 1 fully saturated rings. The first-order valence-corrected chi connectivity index (χ1v) is 7.84. The fourth-order valence-electron chi connectivity index (χ4n) is 2.79. The van der Waals surface area contributed by atoms with Crippen LogP contribution in [-0.2, 0) is 4.79 Å². The topological polar surface area (TPSA) is 59.2 Å². The largest absolute Gasteiger partial charge is 0.330 e. The quantitative estimate of drug-likeness (QED) is 0.717. The first-order valence-electron chi connectivity index (χ1n) is 7.84. The molecule has 0 aliphatic heterocycles. The van der Waals surface area contributed by atoms with E-state index in [1.54, 1.807) is 11.8 Å². The van der Waals surface area contributed by atoms with E-state index in [2.05, 4.69) is 17.1 Å². The molecule has 0 aromatic carbocycles. The molecule has 1 aromatic rings. The van der Waals surface area contributed by atoms with E-state index in [1.165, 1.54) is 12.8 Å². The van der Waals surface area contributed by atoms with Crippen LogP contribution in [0.2, 0.25) is 0 Å². The predicted molar refractivity (Wildman–Crippen MR) is 77.5 cm³/mol. The van der Waals surface area contributed by atoms with Gasteiger partial charge in [-0.3, -0.25) is 9.69 Å². The smallest absolute Gasteiger partial charge is 0.315 e. The van der Waals surface area contributed by atoms with E-state index in [0.717, 1.165) is 38.5 Å². The third kappa shape index (κ3) is 3.81. The third-order valence-corrected chi connectivity index (χ3v) is 3.95. The van der Waals surface area contributed by atoms with Crippen molar-refractivity contribution in [2.45, 2.75) is 65.2 Å². The Morgan fingerprint density at radius 3 is 2.65 bits per heavy atom. The van der Waals surface area contributed by atoms with E-state index in [0.29, 0.717) is 18.4 Å². The molecule has 20 heavy (non-hydrogen) atoms. The number of aryl methyl sites for hydroxylation is 1. The SMILES string of the molecule is CCCCCCN(C(=O)C1CCCC1)c1nc(C)no1. The molecule has 1 saturated carbocycles. The monoisotopic (exact) mass is 279 g/mol. The number of nitrogens with zero attached hydrogens (tertiary/aromatic N) is 3. The van der Waals surface area contributed by atoms with Gasteiger partial charge in [0.15, 0.2) is 5.82 Å². The van der Waals surface area contributed by atoms with Gasteiger partial charge in [0.1, 0.15) is 0 Å². The maximum Gasteiger partial charge on any atom is 0.330 e. The second kappa shape index (κ2) is 7.41. The summed E-state index contributed by atoms with van der Waals surface area (Å²) in [5.41, 5.74) is 0. The number of unbranched alkanes of at least 4 members (excludes halogenated alkanes) is 3. The van der Waals surface area contributed by atoms with Crippen LogP contribution in [0.1, 0.15) is 64.1 Å². The summed E-state index contributed by atoms with van der Waals surface area (Å²) < 4.78 is 5.21. The molecule has 1 aromatic heterocycles. The minimum atomic E-state index is 0.147. The van der Waals surface area contributed by atoms with Crippen molar-refractivity contribution in [3.63, 3.8) is 0 Å². The molecule has 2 rings (SSSR count). The fraction of sp³-hybridized carbons (Fsp3) is 0.800. The predicted octanol–water partition coefficient (Wildman–Crippen LogP) is 3.48. The van der Waals surface area contributed by atoms with Gasteiger partial charge in [0.2, 0.25) is 5.91 Å². The van der Waals surface area contributed by atoms with Crippen LogP contribution in [0.3, 0.4) is 0 Å². The van der Waals surface area contributed by atoms with Crippen LogP contribution in [0, 0.1) is 12.8 Å². The van der Waals surface area contributed by atoms with Crippen LogP contribution in [0.5, 0.6) is 0 Å². The molecular formula is C15H25N3O2. The molecule has 0 spiro atoms. The Hall–Kier alpha value is -1.39. The van der Waals surface area contributed by atoms with E-state index in [1.807, 2.05) is 0 Å². The lowest BCUT2D eigenvalue weighted by atomic mass is 10.1. The van der Waals surface area contributed by atoms with Crippen molar-refractivity contribution in [1.82, 2.24) is 10.1 Å². The van der Waals surface area contributed by atoms with Gasteiger partial charge >= 0.3 is 6.01 Å². The van der Waals surface area contributed by atoms with Gasteiger partial charge in [0.25, 0.3) is 0 Å². The highest BCUT2D eigenvalue weighted by atomic mass is 16.5. The highest BCUT2D eigenvalue weighted by molar-refractivity contribution is 5.93. The zero-order valence-corrected chi connectivity index (χ0v) is 12.6. The van der Waals surface area contributed by atoms with E-state index in [4.69, 9.17) is 4.52 Å². The lowest BCUT2D eigenvalue weighted by Gasteiger charge is -2.21. The maximum atomic E-state index is 12.6. The van der Waals surface area contributed by atoms with Gasteiger partial charge in [-0.25, -0.2) is 0 Å². The number of aromatic nitrogens is 2. The molecule has 5 heteroatoms. The highest BCUT2D eigenvalue weighted by Gasteiger charge is 2.30. The fourth-order valence-corrected chi connectivity index (χ4v) is 2.79. The van der Waals surface area contributed by atoms with Crippen molar-refractivity contribution in [1.29, 1.82) is 0 Å². The Morgan fingerprint density at radius 2 is 2.05 bits per heavy atom. The minimum Gasteiger partial charge on any atom is -0.315 e. The van der Waals surface area contributed by atoms with Gasteiger partial charge in [-0.2, -0.15) is 4.98 Å². The van der Waals surface area contributed by atoms with Gasteiger partial charge in [0, 0.05) is 12.5 Å². The summed E-state index contributed by atoms with van der Waals surface area (Å²) in [4.78, 5) is 18.6.